The zero-order valence-electron chi connectivity index (χ0n) is 24.0. The highest BCUT2D eigenvalue weighted by Crippen LogP contribution is 2.55. The predicted molar refractivity (Wildman–Crippen MR) is 184 cm³/mol. The summed E-state index contributed by atoms with van der Waals surface area (Å²) in [7, 11) is -1.82. The van der Waals surface area contributed by atoms with Crippen LogP contribution in [0.1, 0.15) is 27.2 Å². The molecular formula is C37H37NOP2. The lowest BCUT2D eigenvalue weighted by Crippen LogP contribution is -2.19. The van der Waals surface area contributed by atoms with Gasteiger partial charge in [-0.3, -0.25) is 4.99 Å². The molecule has 4 heteroatoms. The Labute approximate surface area is 248 Å². The van der Waals surface area contributed by atoms with Gasteiger partial charge in [0.1, 0.15) is 11.5 Å². The van der Waals surface area contributed by atoms with Crippen molar-refractivity contribution < 1.29 is 4.74 Å². The first-order chi connectivity index (χ1) is 20.2. The van der Waals surface area contributed by atoms with E-state index in [-0.39, 0.29) is 0 Å². The van der Waals surface area contributed by atoms with Crippen molar-refractivity contribution >= 4 is 37.2 Å². The quantitative estimate of drug-likeness (QED) is 0.127. The van der Waals surface area contributed by atoms with E-state index in [2.05, 4.69) is 142 Å². The maximum absolute atomic E-state index is 6.93. The average molecular weight is 574 g/mol. The molecule has 0 radical (unpaired) electrons. The largest absolute Gasteiger partial charge is 0.456 e. The van der Waals surface area contributed by atoms with E-state index < -0.39 is 15.8 Å². The second kappa shape index (κ2) is 15.8. The Morgan fingerprint density at radius 1 is 0.780 bits per heavy atom. The number of allylic oxidation sites excluding steroid dienone is 12. The molecular weight excluding hydrogens is 536 g/mol. The summed E-state index contributed by atoms with van der Waals surface area (Å²) in [6.07, 6.45) is 24.3. The van der Waals surface area contributed by atoms with Gasteiger partial charge in [0.2, 0.25) is 0 Å². The summed E-state index contributed by atoms with van der Waals surface area (Å²) in [5.41, 5.74) is 0.973. The topological polar surface area (TPSA) is 21.6 Å². The van der Waals surface area contributed by atoms with E-state index in [0.29, 0.717) is 0 Å². The number of rotatable bonds is 11. The Kier molecular flexibility index (Phi) is 11.6. The molecule has 3 aromatic carbocycles. The van der Waals surface area contributed by atoms with Gasteiger partial charge < -0.3 is 4.74 Å². The maximum atomic E-state index is 6.93. The molecule has 0 aliphatic heterocycles. The molecule has 4 rings (SSSR count). The van der Waals surface area contributed by atoms with Crippen molar-refractivity contribution in [1.82, 2.24) is 0 Å². The molecule has 3 aromatic rings. The third-order valence-electron chi connectivity index (χ3n) is 6.34. The smallest absolute Gasteiger partial charge is 0.135 e. The fourth-order valence-electron chi connectivity index (χ4n) is 4.60. The molecule has 1 aliphatic carbocycles. The monoisotopic (exact) mass is 573 g/mol. The first-order valence-corrected chi connectivity index (χ1v) is 16.5. The SMILES string of the molecule is C=CN=C(/C=C\C)P(c1ccccc1)c1ccccc1Oc1ccccc1P(C1=CCC=CC=C1)C(/C=C\C)=C/C. The van der Waals surface area contributed by atoms with Crippen molar-refractivity contribution in [2.45, 2.75) is 27.2 Å². The van der Waals surface area contributed by atoms with Crippen LogP contribution in [0, 0.1) is 0 Å². The number of aliphatic imine (C=N–C) groups is 1. The summed E-state index contributed by atoms with van der Waals surface area (Å²) in [4.78, 5) is 4.72. The van der Waals surface area contributed by atoms with Gasteiger partial charge in [0.05, 0.1) is 5.45 Å². The van der Waals surface area contributed by atoms with E-state index in [9.17, 15) is 0 Å². The Morgan fingerprint density at radius 3 is 2.05 bits per heavy atom. The van der Waals surface area contributed by atoms with Crippen molar-refractivity contribution in [3.8, 4) is 11.5 Å². The van der Waals surface area contributed by atoms with E-state index in [1.54, 1.807) is 6.20 Å². The Morgan fingerprint density at radius 2 is 1.41 bits per heavy atom. The zero-order chi connectivity index (χ0) is 28.9. The van der Waals surface area contributed by atoms with Crippen molar-refractivity contribution in [2.75, 3.05) is 0 Å². The van der Waals surface area contributed by atoms with Crippen molar-refractivity contribution in [2.24, 2.45) is 4.99 Å². The Bertz CT molecular complexity index is 1540. The van der Waals surface area contributed by atoms with Crippen molar-refractivity contribution in [3.63, 3.8) is 0 Å². The van der Waals surface area contributed by atoms with Gasteiger partial charge in [0, 0.05) is 24.7 Å². The van der Waals surface area contributed by atoms with Crippen LogP contribution in [0.3, 0.4) is 0 Å². The molecule has 0 aromatic heterocycles. The van der Waals surface area contributed by atoms with E-state index in [4.69, 9.17) is 9.73 Å². The lowest BCUT2D eigenvalue weighted by Gasteiger charge is -2.25. The van der Waals surface area contributed by atoms with Crippen LogP contribution < -0.4 is 20.7 Å². The lowest BCUT2D eigenvalue weighted by molar-refractivity contribution is 0.490. The summed E-state index contributed by atoms with van der Waals surface area (Å²) in [6.45, 7) is 10.1. The first-order valence-electron chi connectivity index (χ1n) is 13.9. The highest BCUT2D eigenvalue weighted by Gasteiger charge is 2.25. The van der Waals surface area contributed by atoms with Crippen LogP contribution in [0.2, 0.25) is 0 Å². The molecule has 1 aliphatic rings. The third-order valence-corrected chi connectivity index (χ3v) is 11.4. The van der Waals surface area contributed by atoms with Crippen LogP contribution >= 0.6 is 15.8 Å². The van der Waals surface area contributed by atoms with Gasteiger partial charge in [-0.15, -0.1) is 0 Å². The summed E-state index contributed by atoms with van der Waals surface area (Å²) in [5, 5.41) is 6.13. The van der Waals surface area contributed by atoms with Gasteiger partial charge in [-0.05, 0) is 69.3 Å². The van der Waals surface area contributed by atoms with Gasteiger partial charge in [-0.1, -0.05) is 128 Å². The van der Waals surface area contributed by atoms with Gasteiger partial charge >= 0.3 is 0 Å². The molecule has 0 heterocycles. The summed E-state index contributed by atoms with van der Waals surface area (Å²) < 4.78 is 6.93. The standard InChI is InChI=1S/C37H37NOP2/c1-5-20-30(7-3)40(31-22-12-9-10-13-23-31)35-28-18-16-26-33(35)39-34-27-17-19-29-36(34)41(32-24-14-11-15-25-32)37(21-6-2)38-8-4/h5-12,14-29H,4,13H2,1-3H3/b20-5-,21-6-,30-7+,38-37?. The van der Waals surface area contributed by atoms with Gasteiger partial charge in [-0.25, -0.2) is 0 Å². The maximum Gasteiger partial charge on any atom is 0.135 e. The van der Waals surface area contributed by atoms with Crippen LogP contribution in [0.4, 0.5) is 0 Å². The predicted octanol–water partition coefficient (Wildman–Crippen LogP) is 10.0. The summed E-state index contributed by atoms with van der Waals surface area (Å²) in [6, 6.07) is 27.4. The number of ether oxygens (including phenoxy) is 1. The molecule has 41 heavy (non-hydrogen) atoms. The number of nitrogens with zero attached hydrogens (tertiary/aromatic N) is 1. The summed E-state index contributed by atoms with van der Waals surface area (Å²) in [5.74, 6) is 1.71. The highest BCUT2D eigenvalue weighted by atomic mass is 31.1. The van der Waals surface area contributed by atoms with Gasteiger partial charge in [0.25, 0.3) is 0 Å². The Balaban J connectivity index is 1.87. The second-order valence-electron chi connectivity index (χ2n) is 9.08. The molecule has 0 saturated carbocycles. The van der Waals surface area contributed by atoms with Gasteiger partial charge in [0.15, 0.2) is 0 Å². The van der Waals surface area contributed by atoms with E-state index in [1.807, 2.05) is 25.1 Å². The highest BCUT2D eigenvalue weighted by molar-refractivity contribution is 7.88. The zero-order valence-corrected chi connectivity index (χ0v) is 25.8. The molecule has 0 N–H and O–H groups in total. The van der Waals surface area contributed by atoms with Crippen molar-refractivity contribution in [1.29, 1.82) is 0 Å². The molecule has 0 saturated heterocycles. The summed E-state index contributed by atoms with van der Waals surface area (Å²) >= 11 is 0. The minimum absolute atomic E-state index is 0.829. The molecule has 0 bridgehead atoms. The number of para-hydroxylation sites is 2. The Hall–Kier alpha value is -3.83. The second-order valence-corrected chi connectivity index (χ2v) is 13.4. The van der Waals surface area contributed by atoms with Crippen LogP contribution in [0.5, 0.6) is 11.5 Å². The first kappa shape index (κ1) is 30.1. The minimum atomic E-state index is -0.986. The van der Waals surface area contributed by atoms with Crippen LogP contribution in [0.25, 0.3) is 0 Å². The molecule has 0 fully saturated rings. The third kappa shape index (κ3) is 7.68. The van der Waals surface area contributed by atoms with Crippen LogP contribution in [-0.4, -0.2) is 5.45 Å². The number of hydrogen-bond acceptors (Lipinski definition) is 2. The normalized spacial score (nSPS) is 15.5. The van der Waals surface area contributed by atoms with Crippen LogP contribution in [-0.2, 0) is 0 Å². The number of benzene rings is 3. The molecule has 0 amide bonds. The number of hydrogen-bond donors (Lipinski definition) is 0. The molecule has 2 unspecified atom stereocenters. The van der Waals surface area contributed by atoms with E-state index >= 15 is 0 Å². The molecule has 0 spiro atoms. The average Bonchev–Trinajstić information content (AvgIpc) is 3.29. The van der Waals surface area contributed by atoms with Crippen LogP contribution in [0.15, 0.2) is 168 Å². The molecule has 2 atom stereocenters. The fourth-order valence-corrected chi connectivity index (χ4v) is 9.44. The minimum Gasteiger partial charge on any atom is -0.456 e. The van der Waals surface area contributed by atoms with E-state index in [0.717, 1.165) is 28.7 Å². The van der Waals surface area contributed by atoms with Gasteiger partial charge in [-0.2, -0.15) is 0 Å². The molecule has 206 valence electrons. The molecule has 2 nitrogen and oxygen atoms in total. The van der Waals surface area contributed by atoms with E-state index in [1.165, 1.54) is 21.2 Å². The lowest BCUT2D eigenvalue weighted by atomic mass is 10.3. The fraction of sp³-hybridized carbons (Fsp3) is 0.108. The van der Waals surface area contributed by atoms with Crippen molar-refractivity contribution in [3.05, 3.63) is 163 Å².